The SMILES string of the molecule is COC(=O)[C@]12CCC(C)(C)C=C1[C@@H]1CC[C@@H]3[C@@]4(C)CC[C@H](OC(C)=O)C(C)(C)[C@H]4CC[C@@]3(C)[C@@]1(C)CC2. The Kier molecular flexibility index (Phi) is 6.14. The van der Waals surface area contributed by atoms with Crippen LogP contribution in [0.1, 0.15) is 120 Å². The van der Waals surface area contributed by atoms with E-state index < -0.39 is 5.41 Å². The van der Waals surface area contributed by atoms with Gasteiger partial charge in [-0.25, -0.2) is 0 Å². The molecule has 0 spiro atoms. The van der Waals surface area contributed by atoms with Crippen LogP contribution >= 0.6 is 0 Å². The summed E-state index contributed by atoms with van der Waals surface area (Å²) in [5.74, 6) is 1.52. The molecule has 0 saturated heterocycles. The number of fused-ring (bicyclic) bond motifs is 7. The topological polar surface area (TPSA) is 52.6 Å². The van der Waals surface area contributed by atoms with E-state index in [9.17, 15) is 9.59 Å². The number of rotatable bonds is 2. The van der Waals surface area contributed by atoms with E-state index in [0.29, 0.717) is 17.8 Å². The number of carbonyl (C=O) groups excluding carboxylic acids is 2. The first-order valence-corrected chi connectivity index (χ1v) is 15.1. The maximum atomic E-state index is 13.4. The smallest absolute Gasteiger partial charge is 0.315 e. The van der Waals surface area contributed by atoms with Crippen LogP contribution in [0.15, 0.2) is 11.6 Å². The Balaban J connectivity index is 1.54. The highest BCUT2D eigenvalue weighted by atomic mass is 16.5. The number of hydrogen-bond donors (Lipinski definition) is 0. The molecule has 0 bridgehead atoms. The van der Waals surface area contributed by atoms with Crippen molar-refractivity contribution in [2.45, 2.75) is 126 Å². The monoisotopic (exact) mass is 512 g/mol. The summed E-state index contributed by atoms with van der Waals surface area (Å²) in [7, 11) is 1.58. The first-order chi connectivity index (χ1) is 17.1. The minimum Gasteiger partial charge on any atom is -0.468 e. The predicted molar refractivity (Wildman–Crippen MR) is 147 cm³/mol. The minimum atomic E-state index is -0.414. The minimum absolute atomic E-state index is 0.00443. The maximum Gasteiger partial charge on any atom is 0.315 e. The van der Waals surface area contributed by atoms with Gasteiger partial charge in [0.15, 0.2) is 0 Å². The third-order valence-corrected chi connectivity index (χ3v) is 13.4. The molecule has 0 aromatic carbocycles. The van der Waals surface area contributed by atoms with Crippen molar-refractivity contribution in [1.29, 1.82) is 0 Å². The Morgan fingerprint density at radius 2 is 1.46 bits per heavy atom. The zero-order valence-corrected chi connectivity index (χ0v) is 25.1. The predicted octanol–water partition coefficient (Wildman–Crippen LogP) is 7.89. The molecule has 208 valence electrons. The van der Waals surface area contributed by atoms with Crippen molar-refractivity contribution < 1.29 is 19.1 Å². The summed E-state index contributed by atoms with van der Waals surface area (Å²) in [6.45, 7) is 18.8. The van der Waals surface area contributed by atoms with E-state index in [1.54, 1.807) is 14.0 Å². The molecule has 4 saturated carbocycles. The molecular weight excluding hydrogens is 460 g/mol. The van der Waals surface area contributed by atoms with E-state index in [2.05, 4.69) is 54.5 Å². The van der Waals surface area contributed by atoms with Gasteiger partial charge in [0.25, 0.3) is 0 Å². The van der Waals surface area contributed by atoms with E-state index in [1.807, 2.05) is 0 Å². The summed E-state index contributed by atoms with van der Waals surface area (Å²) in [4.78, 5) is 25.3. The van der Waals surface area contributed by atoms with Crippen molar-refractivity contribution in [3.63, 3.8) is 0 Å². The fourth-order valence-electron chi connectivity index (χ4n) is 11.3. The van der Waals surface area contributed by atoms with Crippen LogP contribution in [-0.2, 0) is 19.1 Å². The second-order valence-electron chi connectivity index (χ2n) is 15.7. The van der Waals surface area contributed by atoms with E-state index in [0.717, 1.165) is 38.5 Å². The number of methoxy groups -OCH3 is 1. The Labute approximate surface area is 225 Å². The van der Waals surface area contributed by atoms with Crippen LogP contribution in [0.3, 0.4) is 0 Å². The fourth-order valence-corrected chi connectivity index (χ4v) is 11.3. The van der Waals surface area contributed by atoms with Crippen LogP contribution in [0.4, 0.5) is 0 Å². The summed E-state index contributed by atoms with van der Waals surface area (Å²) in [5.41, 5.74) is 1.79. The van der Waals surface area contributed by atoms with Gasteiger partial charge < -0.3 is 9.47 Å². The van der Waals surface area contributed by atoms with Gasteiger partial charge in [-0.2, -0.15) is 0 Å². The normalized spacial score (nSPS) is 47.8. The number of allylic oxidation sites excluding steroid dienone is 1. The quantitative estimate of drug-likeness (QED) is 0.279. The molecule has 4 nitrogen and oxygen atoms in total. The van der Waals surface area contributed by atoms with Gasteiger partial charge in [-0.15, -0.1) is 0 Å². The van der Waals surface area contributed by atoms with Crippen molar-refractivity contribution in [3.05, 3.63) is 11.6 Å². The molecule has 0 heterocycles. The highest BCUT2D eigenvalue weighted by Crippen LogP contribution is 2.76. The van der Waals surface area contributed by atoms with Crippen molar-refractivity contribution in [2.75, 3.05) is 7.11 Å². The molecule has 0 amide bonds. The lowest BCUT2D eigenvalue weighted by Crippen LogP contribution is -2.66. The summed E-state index contributed by atoms with van der Waals surface area (Å²) in [5, 5.41) is 0. The first kappa shape index (κ1) is 27.3. The van der Waals surface area contributed by atoms with Crippen LogP contribution in [0.5, 0.6) is 0 Å². The van der Waals surface area contributed by atoms with Crippen molar-refractivity contribution in [2.24, 2.45) is 50.2 Å². The maximum absolute atomic E-state index is 13.4. The second-order valence-corrected chi connectivity index (χ2v) is 15.7. The molecule has 0 aromatic heterocycles. The first-order valence-electron chi connectivity index (χ1n) is 15.1. The molecule has 0 aromatic rings. The number of hydrogen-bond acceptors (Lipinski definition) is 4. The number of carbonyl (C=O) groups is 2. The lowest BCUT2D eigenvalue weighted by atomic mass is 9.32. The fraction of sp³-hybridized carbons (Fsp3) is 0.879. The van der Waals surface area contributed by atoms with Gasteiger partial charge in [0.1, 0.15) is 6.10 Å². The molecule has 0 unspecified atom stereocenters. The molecule has 5 aliphatic carbocycles. The summed E-state index contributed by atoms with van der Waals surface area (Å²) >= 11 is 0. The average Bonchev–Trinajstić information content (AvgIpc) is 2.80. The zero-order valence-electron chi connectivity index (χ0n) is 25.1. The molecule has 5 rings (SSSR count). The van der Waals surface area contributed by atoms with Crippen LogP contribution in [-0.4, -0.2) is 25.2 Å². The van der Waals surface area contributed by atoms with Gasteiger partial charge >= 0.3 is 11.9 Å². The van der Waals surface area contributed by atoms with E-state index in [-0.39, 0.29) is 45.1 Å². The van der Waals surface area contributed by atoms with E-state index >= 15 is 0 Å². The summed E-state index contributed by atoms with van der Waals surface area (Å²) in [6, 6.07) is 0. The van der Waals surface area contributed by atoms with Gasteiger partial charge in [0, 0.05) is 12.3 Å². The third kappa shape index (κ3) is 3.58. The second kappa shape index (κ2) is 8.34. The molecular formula is C33H52O4. The van der Waals surface area contributed by atoms with Gasteiger partial charge in [-0.05, 0) is 104 Å². The zero-order chi connectivity index (χ0) is 27.2. The molecule has 37 heavy (non-hydrogen) atoms. The van der Waals surface area contributed by atoms with Crippen molar-refractivity contribution >= 4 is 11.9 Å². The van der Waals surface area contributed by atoms with Crippen LogP contribution in [0.2, 0.25) is 0 Å². The molecule has 8 atom stereocenters. The van der Waals surface area contributed by atoms with Crippen molar-refractivity contribution in [1.82, 2.24) is 0 Å². The highest BCUT2D eigenvalue weighted by Gasteiger charge is 2.70. The molecule has 0 radical (unpaired) electrons. The van der Waals surface area contributed by atoms with Crippen LogP contribution in [0.25, 0.3) is 0 Å². The molecule has 0 N–H and O–H groups in total. The lowest BCUT2D eigenvalue weighted by molar-refractivity contribution is -0.234. The lowest BCUT2D eigenvalue weighted by Gasteiger charge is -2.72. The van der Waals surface area contributed by atoms with Gasteiger partial charge in [0.2, 0.25) is 0 Å². The molecule has 4 fully saturated rings. The number of ether oxygens (including phenoxy) is 2. The Morgan fingerprint density at radius 3 is 2.11 bits per heavy atom. The van der Waals surface area contributed by atoms with Crippen LogP contribution < -0.4 is 0 Å². The van der Waals surface area contributed by atoms with Gasteiger partial charge in [-0.1, -0.05) is 60.1 Å². The van der Waals surface area contributed by atoms with E-state index in [4.69, 9.17) is 9.47 Å². The summed E-state index contributed by atoms with van der Waals surface area (Å²) in [6.07, 6.45) is 13.5. The Bertz CT molecular complexity index is 1010. The summed E-state index contributed by atoms with van der Waals surface area (Å²) < 4.78 is 11.4. The molecule has 0 aliphatic heterocycles. The molecule has 4 heteroatoms. The van der Waals surface area contributed by atoms with E-state index in [1.165, 1.54) is 31.3 Å². The van der Waals surface area contributed by atoms with Gasteiger partial charge in [-0.3, -0.25) is 9.59 Å². The van der Waals surface area contributed by atoms with Crippen LogP contribution in [0, 0.1) is 50.2 Å². The third-order valence-electron chi connectivity index (χ3n) is 13.4. The van der Waals surface area contributed by atoms with Gasteiger partial charge in [0.05, 0.1) is 12.5 Å². The standard InChI is InChI=1S/C33H52O4/c1-21(34)37-26-13-14-30(6)24(29(26,4)5)12-15-32(8)25(30)11-10-22-23-20-28(2,3)16-18-33(23,27(35)36-9)19-17-31(22,32)7/h20,22,24-26H,10-19H2,1-9H3/t22-,24+,25+,26-,30-,31-,32+,33-/m0/s1. The average molecular weight is 513 g/mol. The molecule has 5 aliphatic rings. The Hall–Kier alpha value is -1.32. The highest BCUT2D eigenvalue weighted by molar-refractivity contribution is 5.81. The number of esters is 2. The van der Waals surface area contributed by atoms with Crippen molar-refractivity contribution in [3.8, 4) is 0 Å². The Morgan fingerprint density at radius 1 is 0.784 bits per heavy atom. The largest absolute Gasteiger partial charge is 0.468 e.